The quantitative estimate of drug-likeness (QED) is 0.201. The average Bonchev–Trinajstić information content (AvgIpc) is 2.64. The van der Waals surface area contributed by atoms with Crippen LogP contribution in [0.4, 0.5) is 0 Å². The van der Waals surface area contributed by atoms with Crippen LogP contribution in [0.3, 0.4) is 0 Å². The summed E-state index contributed by atoms with van der Waals surface area (Å²) < 4.78 is 16.4. The SMILES string of the molecule is CCOCOC[C@H](C[C@H](COC)C(=O)NO)NC(=O)c1ccc(Br)cc1. The fraction of sp³-hybridized carbons (Fsp3) is 0.529. The van der Waals surface area contributed by atoms with E-state index in [2.05, 4.69) is 21.2 Å². The van der Waals surface area contributed by atoms with Crippen molar-refractivity contribution in [3.8, 4) is 0 Å². The molecule has 9 heteroatoms. The Hall–Kier alpha value is -1.52. The summed E-state index contributed by atoms with van der Waals surface area (Å²) in [5.41, 5.74) is 2.10. The highest BCUT2D eigenvalue weighted by Crippen LogP contribution is 2.13. The fourth-order valence-electron chi connectivity index (χ4n) is 2.26. The molecule has 3 N–H and O–H groups in total. The van der Waals surface area contributed by atoms with Gasteiger partial charge in [0.2, 0.25) is 5.91 Å². The molecule has 0 unspecified atom stereocenters. The van der Waals surface area contributed by atoms with Crippen LogP contribution in [0.1, 0.15) is 23.7 Å². The fourth-order valence-corrected chi connectivity index (χ4v) is 2.52. The minimum atomic E-state index is -0.643. The van der Waals surface area contributed by atoms with Crippen LogP contribution in [0.25, 0.3) is 0 Å². The minimum Gasteiger partial charge on any atom is -0.384 e. The van der Waals surface area contributed by atoms with Crippen LogP contribution in [0.5, 0.6) is 0 Å². The second-order valence-electron chi connectivity index (χ2n) is 5.52. The molecule has 26 heavy (non-hydrogen) atoms. The molecule has 2 amide bonds. The summed E-state index contributed by atoms with van der Waals surface area (Å²) in [5.74, 6) is -1.52. The number of nitrogens with one attached hydrogen (secondary N) is 2. The first-order valence-electron chi connectivity index (χ1n) is 8.16. The second-order valence-corrected chi connectivity index (χ2v) is 6.44. The van der Waals surface area contributed by atoms with E-state index >= 15 is 0 Å². The van der Waals surface area contributed by atoms with Crippen LogP contribution >= 0.6 is 15.9 Å². The van der Waals surface area contributed by atoms with Crippen LogP contribution in [-0.2, 0) is 19.0 Å². The molecule has 146 valence electrons. The molecule has 0 aliphatic heterocycles. The van der Waals surface area contributed by atoms with Gasteiger partial charge in [-0.05, 0) is 37.6 Å². The van der Waals surface area contributed by atoms with Crippen molar-refractivity contribution in [2.24, 2.45) is 5.92 Å². The maximum absolute atomic E-state index is 12.4. The predicted octanol–water partition coefficient (Wildman–Crippen LogP) is 1.72. The van der Waals surface area contributed by atoms with E-state index in [4.69, 9.17) is 19.4 Å². The smallest absolute Gasteiger partial charge is 0.251 e. The molecule has 0 heterocycles. The number of hydroxylamine groups is 1. The number of hydrogen-bond acceptors (Lipinski definition) is 6. The van der Waals surface area contributed by atoms with Crippen molar-refractivity contribution in [3.63, 3.8) is 0 Å². The molecule has 2 atom stereocenters. The Balaban J connectivity index is 2.76. The highest BCUT2D eigenvalue weighted by molar-refractivity contribution is 9.10. The molecular weight excluding hydrogens is 408 g/mol. The lowest BCUT2D eigenvalue weighted by atomic mass is 10.00. The molecule has 0 radical (unpaired) electrons. The van der Waals surface area contributed by atoms with Crippen LogP contribution in [0.2, 0.25) is 0 Å². The van der Waals surface area contributed by atoms with Gasteiger partial charge in [-0.3, -0.25) is 14.8 Å². The highest BCUT2D eigenvalue weighted by atomic mass is 79.9. The van der Waals surface area contributed by atoms with Crippen LogP contribution < -0.4 is 10.8 Å². The third-order valence-corrected chi connectivity index (χ3v) is 4.08. The standard InChI is InChI=1S/C17H25BrN2O6/c1-3-25-11-26-10-15(8-13(9-24-2)17(22)20-23)19-16(21)12-4-6-14(18)7-5-12/h4-7,13,15,23H,3,8-11H2,1-2H3,(H,19,21)(H,20,22)/t13-,15+/m1/s1. The van der Waals surface area contributed by atoms with E-state index in [0.717, 1.165) is 4.47 Å². The Morgan fingerprint density at radius 2 is 1.88 bits per heavy atom. The third-order valence-electron chi connectivity index (χ3n) is 3.55. The molecule has 0 saturated carbocycles. The molecular formula is C17H25BrN2O6. The summed E-state index contributed by atoms with van der Waals surface area (Å²) >= 11 is 3.32. The molecule has 0 bridgehead atoms. The number of methoxy groups -OCH3 is 1. The minimum absolute atomic E-state index is 0.0856. The number of carbonyl (C=O) groups excluding carboxylic acids is 2. The van der Waals surface area contributed by atoms with Gasteiger partial charge in [-0.25, -0.2) is 5.48 Å². The lowest BCUT2D eigenvalue weighted by Crippen LogP contribution is -2.43. The van der Waals surface area contributed by atoms with Gasteiger partial charge in [0.25, 0.3) is 5.91 Å². The van der Waals surface area contributed by atoms with Crippen molar-refractivity contribution in [3.05, 3.63) is 34.3 Å². The Morgan fingerprint density at radius 3 is 2.46 bits per heavy atom. The molecule has 0 spiro atoms. The largest absolute Gasteiger partial charge is 0.384 e. The van der Waals surface area contributed by atoms with Crippen LogP contribution in [-0.4, -0.2) is 56.8 Å². The van der Waals surface area contributed by atoms with Gasteiger partial charge in [0.1, 0.15) is 6.79 Å². The van der Waals surface area contributed by atoms with Crippen molar-refractivity contribution < 1.29 is 29.0 Å². The number of ether oxygens (including phenoxy) is 3. The Bertz CT molecular complexity index is 555. The van der Waals surface area contributed by atoms with Gasteiger partial charge >= 0.3 is 0 Å². The summed E-state index contributed by atoms with van der Waals surface area (Å²) in [4.78, 5) is 24.2. The van der Waals surface area contributed by atoms with Crippen molar-refractivity contribution in [2.75, 3.05) is 33.7 Å². The molecule has 1 aromatic rings. The molecule has 1 rings (SSSR count). The molecule has 0 aromatic heterocycles. The normalized spacial score (nSPS) is 13.1. The van der Waals surface area contributed by atoms with Crippen LogP contribution in [0.15, 0.2) is 28.7 Å². The highest BCUT2D eigenvalue weighted by Gasteiger charge is 2.24. The lowest BCUT2D eigenvalue weighted by molar-refractivity contribution is -0.135. The third kappa shape index (κ3) is 8.24. The summed E-state index contributed by atoms with van der Waals surface area (Å²) in [5, 5.41) is 11.7. The molecule has 8 nitrogen and oxygen atoms in total. The van der Waals surface area contributed by atoms with E-state index in [1.165, 1.54) is 7.11 Å². The van der Waals surface area contributed by atoms with Crippen LogP contribution in [0, 0.1) is 5.92 Å². The van der Waals surface area contributed by atoms with Gasteiger partial charge in [0.05, 0.1) is 25.2 Å². The van der Waals surface area contributed by atoms with E-state index in [1.54, 1.807) is 29.7 Å². The number of amides is 2. The average molecular weight is 433 g/mol. The zero-order valence-corrected chi connectivity index (χ0v) is 16.5. The maximum atomic E-state index is 12.4. The molecule has 0 aliphatic rings. The first-order chi connectivity index (χ1) is 12.5. The number of halogens is 1. The van der Waals surface area contributed by atoms with E-state index in [-0.39, 0.29) is 32.3 Å². The van der Waals surface area contributed by atoms with Crippen molar-refractivity contribution in [1.82, 2.24) is 10.8 Å². The zero-order chi connectivity index (χ0) is 19.4. The molecule has 0 saturated heterocycles. The monoisotopic (exact) mass is 432 g/mol. The maximum Gasteiger partial charge on any atom is 0.251 e. The topological polar surface area (TPSA) is 106 Å². The van der Waals surface area contributed by atoms with Gasteiger partial charge in [-0.15, -0.1) is 0 Å². The van der Waals surface area contributed by atoms with Crippen molar-refractivity contribution >= 4 is 27.7 Å². The van der Waals surface area contributed by atoms with E-state index in [0.29, 0.717) is 12.2 Å². The van der Waals surface area contributed by atoms with Gasteiger partial charge in [-0.2, -0.15) is 0 Å². The number of rotatable bonds is 12. The number of carbonyl (C=O) groups is 2. The molecule has 1 aromatic carbocycles. The molecule has 0 aliphatic carbocycles. The predicted molar refractivity (Wildman–Crippen MR) is 97.8 cm³/mol. The van der Waals surface area contributed by atoms with E-state index in [9.17, 15) is 9.59 Å². The van der Waals surface area contributed by atoms with Gasteiger partial charge < -0.3 is 19.5 Å². The van der Waals surface area contributed by atoms with E-state index in [1.807, 2.05) is 6.92 Å². The Labute approximate surface area is 161 Å². The summed E-state index contributed by atoms with van der Waals surface area (Å²) in [6.07, 6.45) is 0.231. The molecule has 0 fully saturated rings. The Kier molecular flexibility index (Phi) is 11.1. The number of benzene rings is 1. The first-order valence-corrected chi connectivity index (χ1v) is 8.95. The van der Waals surface area contributed by atoms with Gasteiger partial charge in [0.15, 0.2) is 0 Å². The second kappa shape index (κ2) is 12.8. The van der Waals surface area contributed by atoms with Gasteiger partial charge in [-0.1, -0.05) is 15.9 Å². The summed E-state index contributed by atoms with van der Waals surface area (Å²) in [7, 11) is 1.46. The summed E-state index contributed by atoms with van der Waals surface area (Å²) in [6.45, 7) is 2.69. The zero-order valence-electron chi connectivity index (χ0n) is 14.9. The van der Waals surface area contributed by atoms with Gasteiger partial charge in [0, 0.05) is 23.8 Å². The Morgan fingerprint density at radius 1 is 1.19 bits per heavy atom. The lowest BCUT2D eigenvalue weighted by Gasteiger charge is -2.23. The summed E-state index contributed by atoms with van der Waals surface area (Å²) in [6, 6.07) is 6.43. The first kappa shape index (κ1) is 22.5. The van der Waals surface area contributed by atoms with E-state index < -0.39 is 17.9 Å². The number of hydrogen-bond donors (Lipinski definition) is 3. The van der Waals surface area contributed by atoms with Crippen molar-refractivity contribution in [2.45, 2.75) is 19.4 Å². The van der Waals surface area contributed by atoms with Crippen molar-refractivity contribution in [1.29, 1.82) is 0 Å².